The summed E-state index contributed by atoms with van der Waals surface area (Å²) in [6, 6.07) is 5.02. The first-order chi connectivity index (χ1) is 37.4. The van der Waals surface area contributed by atoms with Crippen LogP contribution >= 0.6 is 23.1 Å². The smallest absolute Gasteiger partial charge is 0.306 e. The Balaban J connectivity index is 0.0000168. The van der Waals surface area contributed by atoms with E-state index >= 15 is 0 Å². The van der Waals surface area contributed by atoms with Gasteiger partial charge in [-0.15, -0.1) is 11.3 Å². The summed E-state index contributed by atoms with van der Waals surface area (Å²) in [4.78, 5) is 139. The summed E-state index contributed by atoms with van der Waals surface area (Å²) in [5, 5.41) is 17.3. The molecule has 2 unspecified atom stereocenters. The Morgan fingerprint density at radius 1 is 0.938 bits per heavy atom. The molecule has 4 rings (SSSR count). The van der Waals surface area contributed by atoms with E-state index in [2.05, 4.69) is 20.5 Å². The molecular weight excluding hydrogens is 1060 g/mol. The Morgan fingerprint density at radius 3 is 2.21 bits per heavy atom. The van der Waals surface area contributed by atoms with Crippen molar-refractivity contribution in [2.24, 2.45) is 29.4 Å². The van der Waals surface area contributed by atoms with Crippen molar-refractivity contribution in [3.63, 3.8) is 0 Å². The van der Waals surface area contributed by atoms with Gasteiger partial charge in [0.2, 0.25) is 29.5 Å². The van der Waals surface area contributed by atoms with Crippen LogP contribution in [0.25, 0.3) is 0 Å². The number of ketones is 2. The van der Waals surface area contributed by atoms with Crippen LogP contribution in [0, 0.1) is 23.7 Å². The number of rotatable bonds is 35. The van der Waals surface area contributed by atoms with Gasteiger partial charge >= 0.3 is 11.9 Å². The van der Waals surface area contributed by atoms with Gasteiger partial charge in [-0.3, -0.25) is 57.7 Å². The molecule has 9 atom stereocenters. The highest BCUT2D eigenvalue weighted by atomic mass is 32.2. The number of nitrogens with one attached hydrogen (secondary N) is 2. The van der Waals surface area contributed by atoms with Crippen LogP contribution in [0.5, 0.6) is 0 Å². The Hall–Kier alpha value is -5.54. The number of Topliss-reactive ketones (excluding diaryl/α,β-unsaturated/α-hetero) is 2. The second kappa shape index (κ2) is 34.0. The molecule has 21 heteroatoms. The number of carboxylic acid groups (broad SMARTS) is 1. The van der Waals surface area contributed by atoms with Gasteiger partial charge in [0.25, 0.3) is 5.91 Å². The molecule has 2 aromatic rings. The standard InChI is InChI=1S/C58H87N7O12S2.CH4/c1-10-36(4)42(31-48(68)45-19-15-17-26-63(45)7)56(73)64(8)46(35(2)3)32-49(77-38(6)66)55-62-44(34-79-55)54(72)60-41(28-37(5)58(75)76)29-39-22-24-40(25-23-39)30-47(67)43(18-13-14-20-51(59)69)61-52(70)21-12-11-16-27-65-53(71)33-50(78-9)57(65)74;/h22-25,34-37,41-43,45-46,49-50H,10-21,26-33H2,1-9H3,(H2,59,69)(H,60,72)(H,61,70)(H,75,76);1H4/t36-,37?,41+,42-,43-,45+,46+,49+,50?;/m0./s1. The number of thiazole rings is 1. The van der Waals surface area contributed by atoms with Crippen molar-refractivity contribution in [2.75, 3.05) is 33.4 Å². The lowest BCUT2D eigenvalue weighted by molar-refractivity contribution is -0.150. The lowest BCUT2D eigenvalue weighted by Crippen LogP contribution is -2.48. The number of esters is 1. The number of carbonyl (C=O) groups is 10. The number of imide groups is 1. The fourth-order valence-electron chi connectivity index (χ4n) is 10.5. The number of carboxylic acids is 1. The van der Waals surface area contributed by atoms with Crippen molar-refractivity contribution in [1.82, 2.24) is 30.3 Å². The Kier molecular flexibility index (Phi) is 29.2. The minimum atomic E-state index is -1.04. The molecule has 2 saturated heterocycles. The monoisotopic (exact) mass is 1150 g/mol. The molecule has 0 radical (unpaired) electrons. The number of likely N-dealkylation sites (N-methyl/N-ethyl adjacent to an activating group) is 1. The van der Waals surface area contributed by atoms with Crippen molar-refractivity contribution in [2.45, 2.75) is 200 Å². The molecule has 2 fully saturated rings. The third-order valence-corrected chi connectivity index (χ3v) is 17.4. The molecule has 3 heterocycles. The summed E-state index contributed by atoms with van der Waals surface area (Å²) in [7, 11) is 3.69. The summed E-state index contributed by atoms with van der Waals surface area (Å²) in [5.74, 6) is -5.10. The number of likely N-dealkylation sites (tertiary alicyclic amines) is 2. The fraction of sp³-hybridized carbons (Fsp3) is 0.678. The number of ether oxygens (including phenoxy) is 1. The van der Waals surface area contributed by atoms with Gasteiger partial charge in [-0.05, 0) is 94.2 Å². The first-order valence-electron chi connectivity index (χ1n) is 28.1. The number of nitrogens with two attached hydrogens (primary N) is 1. The molecule has 1 aromatic heterocycles. The first-order valence-corrected chi connectivity index (χ1v) is 30.3. The van der Waals surface area contributed by atoms with Gasteiger partial charge in [0.05, 0.1) is 23.3 Å². The lowest BCUT2D eigenvalue weighted by Gasteiger charge is -2.37. The van der Waals surface area contributed by atoms with E-state index in [1.54, 1.807) is 54.8 Å². The second-order valence-electron chi connectivity index (χ2n) is 22.1. The lowest BCUT2D eigenvalue weighted by atomic mass is 9.83. The van der Waals surface area contributed by atoms with Crippen LogP contribution in [0.3, 0.4) is 0 Å². The molecule has 0 bridgehead atoms. The van der Waals surface area contributed by atoms with Crippen LogP contribution in [0.15, 0.2) is 29.6 Å². The predicted molar refractivity (Wildman–Crippen MR) is 310 cm³/mol. The highest BCUT2D eigenvalue weighted by Crippen LogP contribution is 2.33. The highest BCUT2D eigenvalue weighted by Gasteiger charge is 2.39. The van der Waals surface area contributed by atoms with Crippen molar-refractivity contribution >= 4 is 82.0 Å². The van der Waals surface area contributed by atoms with E-state index in [0.29, 0.717) is 62.1 Å². The number of aromatic nitrogens is 1. The van der Waals surface area contributed by atoms with Crippen molar-refractivity contribution < 1.29 is 57.8 Å². The number of unbranched alkanes of at least 4 members (excludes halogenated alkanes) is 3. The molecule has 19 nitrogen and oxygen atoms in total. The number of aliphatic carboxylic acids is 1. The van der Waals surface area contributed by atoms with E-state index in [4.69, 9.17) is 10.5 Å². The summed E-state index contributed by atoms with van der Waals surface area (Å²) < 4.78 is 5.84. The predicted octanol–water partition coefficient (Wildman–Crippen LogP) is 7.51. The number of piperidine rings is 1. The summed E-state index contributed by atoms with van der Waals surface area (Å²) in [5.41, 5.74) is 6.80. The number of hydrogen-bond acceptors (Lipinski definition) is 15. The molecule has 0 aliphatic carbocycles. The maximum atomic E-state index is 14.4. The van der Waals surface area contributed by atoms with Crippen molar-refractivity contribution in [1.29, 1.82) is 0 Å². The van der Waals surface area contributed by atoms with Crippen LogP contribution in [0.2, 0.25) is 0 Å². The van der Waals surface area contributed by atoms with Crippen molar-refractivity contribution in [3.8, 4) is 0 Å². The van der Waals surface area contributed by atoms with E-state index in [1.165, 1.54) is 23.6 Å². The first kappa shape index (κ1) is 68.7. The maximum Gasteiger partial charge on any atom is 0.306 e. The number of primary amides is 1. The van der Waals surface area contributed by atoms with E-state index < -0.39 is 59.8 Å². The molecule has 446 valence electrons. The number of benzene rings is 1. The molecule has 2 aliphatic heterocycles. The number of hydrogen-bond donors (Lipinski definition) is 4. The van der Waals surface area contributed by atoms with Crippen LogP contribution < -0.4 is 16.4 Å². The summed E-state index contributed by atoms with van der Waals surface area (Å²) in [6.07, 6.45) is 8.42. The van der Waals surface area contributed by atoms with E-state index in [0.717, 1.165) is 42.7 Å². The minimum Gasteiger partial charge on any atom is -0.481 e. The van der Waals surface area contributed by atoms with Crippen LogP contribution in [0.1, 0.15) is 184 Å². The minimum absolute atomic E-state index is 0. The molecule has 2 aliphatic rings. The molecule has 1 aromatic carbocycles. The van der Waals surface area contributed by atoms with Gasteiger partial charge in [-0.1, -0.05) is 92.0 Å². The zero-order valence-electron chi connectivity index (χ0n) is 47.9. The summed E-state index contributed by atoms with van der Waals surface area (Å²) >= 11 is 2.49. The average Bonchev–Trinajstić information content (AvgIpc) is 4.01. The van der Waals surface area contributed by atoms with Crippen LogP contribution in [-0.2, 0) is 60.7 Å². The largest absolute Gasteiger partial charge is 0.481 e. The molecule has 80 heavy (non-hydrogen) atoms. The van der Waals surface area contributed by atoms with E-state index in [-0.39, 0.29) is 123 Å². The SMILES string of the molecule is C.CC[C@H](C)[C@H](CC(=O)[C@H]1CCCCN1C)C(=O)N(C)[C@H](C[C@@H](OC(C)=O)c1nc(C(=O)N[C@@H](Cc2ccc(CC(=O)[C@H](CCCCC(N)=O)NC(=O)CCCCCN3C(=O)CC(SC)C3=O)cc2)CC(C)C(=O)O)cs1)C(C)C. The third kappa shape index (κ3) is 21.4. The van der Waals surface area contributed by atoms with Gasteiger partial charge in [0, 0.05) is 82.4 Å². The molecule has 6 amide bonds. The zero-order valence-corrected chi connectivity index (χ0v) is 49.6. The Morgan fingerprint density at radius 2 is 1.61 bits per heavy atom. The van der Waals surface area contributed by atoms with Gasteiger partial charge in [-0.25, -0.2) is 4.98 Å². The number of thioether (sulfide) groups is 1. The summed E-state index contributed by atoms with van der Waals surface area (Å²) in [6.45, 7) is 11.9. The van der Waals surface area contributed by atoms with Gasteiger partial charge in [0.15, 0.2) is 17.7 Å². The number of carbonyl (C=O) groups excluding carboxylic acids is 9. The van der Waals surface area contributed by atoms with Gasteiger partial charge in [0.1, 0.15) is 10.7 Å². The van der Waals surface area contributed by atoms with Crippen molar-refractivity contribution in [3.05, 3.63) is 51.5 Å². The fourth-order valence-corrected chi connectivity index (χ4v) is 12.0. The van der Waals surface area contributed by atoms with Crippen LogP contribution in [-0.4, -0.2) is 147 Å². The topological polar surface area (TPSA) is 273 Å². The number of amides is 6. The second-order valence-corrected chi connectivity index (χ2v) is 24.0. The zero-order chi connectivity index (χ0) is 58.5. The van der Waals surface area contributed by atoms with E-state index in [1.807, 2.05) is 34.7 Å². The van der Waals surface area contributed by atoms with Gasteiger partial charge < -0.3 is 31.1 Å². The number of nitrogens with zero attached hydrogens (tertiary/aromatic N) is 4. The Bertz CT molecular complexity index is 2420. The third-order valence-electron chi connectivity index (χ3n) is 15.6. The van der Waals surface area contributed by atoms with Gasteiger partial charge in [-0.2, -0.15) is 11.8 Å². The molecule has 5 N–H and O–H groups in total. The maximum absolute atomic E-state index is 14.4. The van der Waals surface area contributed by atoms with Crippen LogP contribution in [0.4, 0.5) is 0 Å². The van der Waals surface area contributed by atoms with E-state index in [9.17, 15) is 53.1 Å². The molecule has 0 spiro atoms. The molecular formula is C59H91N7O12S2. The molecule has 0 saturated carbocycles. The average molecular weight is 1150 g/mol. The Labute approximate surface area is 482 Å². The normalized spacial score (nSPS) is 18.2. The quantitative estimate of drug-likeness (QED) is 0.0295. The highest BCUT2D eigenvalue weighted by molar-refractivity contribution is 8.00.